The van der Waals surface area contributed by atoms with Gasteiger partial charge in [0, 0.05) is 0 Å². The standard InChI is InChI=1S/C2H2.Fe.Zn/c1-2;;/h1-2H;;. The molecule has 0 unspecified atom stereocenters. The van der Waals surface area contributed by atoms with Crippen LogP contribution in [0.5, 0.6) is 0 Å². The molecule has 0 heterocycles. The zero-order chi connectivity index (χ0) is 3.41. The minimum atomic E-state index is 1.23. The van der Waals surface area contributed by atoms with Gasteiger partial charge in [-0.1, -0.05) is 0 Å². The van der Waals surface area contributed by atoms with Gasteiger partial charge in [-0.3, -0.25) is 0 Å². The number of hydrogen-bond donors (Lipinski definition) is 0. The van der Waals surface area contributed by atoms with Crippen molar-refractivity contribution in [2.45, 2.75) is 0 Å². The van der Waals surface area contributed by atoms with Crippen molar-refractivity contribution < 1.29 is 34.3 Å². The minimum absolute atomic E-state index is 1.23. The first kappa shape index (κ1) is 4.88. The average molecular weight is 147 g/mol. The van der Waals surface area contributed by atoms with E-state index in [1.807, 2.05) is 4.67 Å². The van der Waals surface area contributed by atoms with Crippen LogP contribution in [0, 0.1) is 0 Å². The summed E-state index contributed by atoms with van der Waals surface area (Å²) in [7, 11) is 0. The Morgan fingerprint density at radius 1 is 1.75 bits per heavy atom. The van der Waals surface area contributed by atoms with Crippen molar-refractivity contribution in [3.05, 3.63) is 9.64 Å². The van der Waals surface area contributed by atoms with E-state index >= 15 is 0 Å². The van der Waals surface area contributed by atoms with Gasteiger partial charge in [0.25, 0.3) is 0 Å². The summed E-state index contributed by atoms with van der Waals surface area (Å²) in [5.41, 5.74) is 0. The Morgan fingerprint density at radius 3 is 2.00 bits per heavy atom. The summed E-state index contributed by atoms with van der Waals surface area (Å²) in [6.45, 7) is 0. The van der Waals surface area contributed by atoms with Gasteiger partial charge in [0.2, 0.25) is 0 Å². The molecule has 0 spiro atoms. The summed E-state index contributed by atoms with van der Waals surface area (Å²) in [5, 5.41) is 0. The first-order chi connectivity index (χ1) is 1.91. The molecule has 4 heavy (non-hydrogen) atoms. The van der Waals surface area contributed by atoms with E-state index in [9.17, 15) is 0 Å². The Hall–Kier alpha value is 0.883. The normalized spacial score (nSPS) is 9.75. The Morgan fingerprint density at radius 2 is 2.00 bits per heavy atom. The molecule has 0 nitrogen and oxygen atoms in total. The van der Waals surface area contributed by atoms with Gasteiger partial charge >= 0.3 is 44.0 Å². The van der Waals surface area contributed by atoms with Crippen molar-refractivity contribution in [2.75, 3.05) is 0 Å². The van der Waals surface area contributed by atoms with Crippen molar-refractivity contribution in [2.24, 2.45) is 0 Å². The quantitative estimate of drug-likeness (QED) is 0.439. The van der Waals surface area contributed by atoms with Gasteiger partial charge in [0.15, 0.2) is 0 Å². The van der Waals surface area contributed by atoms with Crippen LogP contribution in [0.3, 0.4) is 0 Å². The molecule has 0 saturated heterocycles. The van der Waals surface area contributed by atoms with Crippen molar-refractivity contribution in [3.8, 4) is 0 Å². The van der Waals surface area contributed by atoms with Crippen molar-refractivity contribution in [1.29, 1.82) is 0 Å². The molecule has 20 valence electrons. The van der Waals surface area contributed by atoms with E-state index in [1.54, 1.807) is 4.97 Å². The van der Waals surface area contributed by atoms with Crippen molar-refractivity contribution >= 4 is 0 Å². The molecule has 0 aromatic heterocycles. The summed E-state index contributed by atoms with van der Waals surface area (Å²) in [6.07, 6.45) is 0. The molecule has 0 saturated carbocycles. The summed E-state index contributed by atoms with van der Waals surface area (Å²) >= 11 is 4.68. The monoisotopic (exact) mass is 146 g/mol. The Bertz CT molecular complexity index is 21.2. The van der Waals surface area contributed by atoms with Gasteiger partial charge in [-0.2, -0.15) is 0 Å². The average Bonchev–Trinajstić information content (AvgIpc) is 1.37. The zero-order valence-electron chi connectivity index (χ0n) is 2.22. The van der Waals surface area contributed by atoms with Crippen molar-refractivity contribution in [1.82, 2.24) is 0 Å². The van der Waals surface area contributed by atoms with Crippen LogP contribution in [0.15, 0.2) is 9.64 Å². The fraction of sp³-hybridized carbons (Fsp3) is 0. The van der Waals surface area contributed by atoms with Crippen molar-refractivity contribution in [3.63, 3.8) is 0 Å². The predicted molar refractivity (Wildman–Crippen MR) is 9.14 cm³/mol. The molecule has 0 aliphatic heterocycles. The fourth-order valence-electron chi connectivity index (χ4n) is 0. The Labute approximate surface area is 44.1 Å². The van der Waals surface area contributed by atoms with Crippen LogP contribution >= 0.6 is 0 Å². The van der Waals surface area contributed by atoms with Crippen LogP contribution in [-0.2, 0) is 34.3 Å². The Balaban J connectivity index is 2.55. The molecule has 0 amide bonds. The molecule has 0 aromatic carbocycles. The van der Waals surface area contributed by atoms with Crippen LogP contribution in [0.2, 0.25) is 0 Å². The van der Waals surface area contributed by atoms with E-state index in [1.165, 1.54) is 18.3 Å². The fourth-order valence-corrected chi connectivity index (χ4v) is 0. The van der Waals surface area contributed by atoms with Crippen LogP contribution in [0.25, 0.3) is 0 Å². The van der Waals surface area contributed by atoms with Gasteiger partial charge in [0.1, 0.15) is 0 Å². The SMILES string of the molecule is [Fe][CH]=[CH][Zn]. The molecule has 0 radical (unpaired) electrons. The van der Waals surface area contributed by atoms with Crippen LogP contribution in [0.4, 0.5) is 0 Å². The summed E-state index contributed by atoms with van der Waals surface area (Å²) in [4.78, 5) is 1.81. The van der Waals surface area contributed by atoms with Crippen LogP contribution in [0.1, 0.15) is 0 Å². The molecule has 0 aromatic rings. The molecule has 0 bridgehead atoms. The first-order valence-corrected chi connectivity index (χ1v) is 3.30. The maximum absolute atomic E-state index is 3.45. The van der Waals surface area contributed by atoms with Gasteiger partial charge in [-0.15, -0.1) is 0 Å². The van der Waals surface area contributed by atoms with E-state index in [4.69, 9.17) is 0 Å². The molecule has 2 heteroatoms. The van der Waals surface area contributed by atoms with Gasteiger partial charge in [-0.25, -0.2) is 0 Å². The van der Waals surface area contributed by atoms with E-state index in [0.717, 1.165) is 0 Å². The van der Waals surface area contributed by atoms with Crippen LogP contribution in [-0.4, -0.2) is 0 Å². The second kappa shape index (κ2) is 3.88. The van der Waals surface area contributed by atoms with Crippen LogP contribution < -0.4 is 0 Å². The third-order valence-electron chi connectivity index (χ3n) is 0.0833. The molecule has 0 aliphatic carbocycles. The molecule has 0 atom stereocenters. The summed E-state index contributed by atoms with van der Waals surface area (Å²) < 4.78 is 2.01. The topological polar surface area (TPSA) is 0 Å². The second-order valence-corrected chi connectivity index (χ2v) is 1.71. The third-order valence-corrected chi connectivity index (χ3v) is 1.79. The van der Waals surface area contributed by atoms with Gasteiger partial charge < -0.3 is 0 Å². The first-order valence-electron chi connectivity index (χ1n) is 0.946. The van der Waals surface area contributed by atoms with Gasteiger partial charge in [-0.05, 0) is 0 Å². The summed E-state index contributed by atoms with van der Waals surface area (Å²) in [6, 6.07) is 0. The summed E-state index contributed by atoms with van der Waals surface area (Å²) in [5.74, 6) is 0. The predicted octanol–water partition coefficient (Wildman–Crippen LogP) is 0.551. The van der Waals surface area contributed by atoms with E-state index in [0.29, 0.717) is 0 Å². The van der Waals surface area contributed by atoms with Gasteiger partial charge in [0.05, 0.1) is 0 Å². The molecule has 0 aliphatic rings. The molecular weight excluding hydrogens is 145 g/mol. The molecule has 0 fully saturated rings. The maximum atomic E-state index is 3.45. The number of hydrogen-bond acceptors (Lipinski definition) is 0. The van der Waals surface area contributed by atoms with E-state index in [2.05, 4.69) is 16.0 Å². The number of rotatable bonds is 0. The van der Waals surface area contributed by atoms with E-state index < -0.39 is 0 Å². The third kappa shape index (κ3) is 2.88. The molecule has 0 N–H and O–H groups in total. The molecular formula is C2H2FeZn. The molecule has 0 rings (SSSR count). The Kier molecular flexibility index (Phi) is 4.74. The van der Waals surface area contributed by atoms with E-state index in [-0.39, 0.29) is 0 Å². The zero-order valence-corrected chi connectivity index (χ0v) is 6.29. The second-order valence-electron chi connectivity index (χ2n) is 0.354.